The number of nitrogens with zero attached hydrogens (tertiary/aromatic N) is 1. The lowest BCUT2D eigenvalue weighted by atomic mass is 10.0. The topological polar surface area (TPSA) is 108 Å². The van der Waals surface area contributed by atoms with Gasteiger partial charge >= 0.3 is 19.8 Å². The van der Waals surface area contributed by atoms with Crippen molar-refractivity contribution in [3.05, 3.63) is 36.5 Å². The van der Waals surface area contributed by atoms with Gasteiger partial charge in [0.2, 0.25) is 0 Å². The monoisotopic (exact) mass is 869 g/mol. The van der Waals surface area contributed by atoms with Crippen LogP contribution in [-0.4, -0.2) is 74.9 Å². The Kier molecular flexibility index (Phi) is 41.3. The molecule has 0 heterocycles. The lowest BCUT2D eigenvalue weighted by molar-refractivity contribution is -0.870. The molecule has 10 heteroatoms. The molecule has 0 fully saturated rings. The zero-order valence-corrected chi connectivity index (χ0v) is 40.6. The van der Waals surface area contributed by atoms with Crippen molar-refractivity contribution in [1.29, 1.82) is 0 Å². The van der Waals surface area contributed by atoms with Crippen molar-refractivity contribution in [2.24, 2.45) is 0 Å². The van der Waals surface area contributed by atoms with Gasteiger partial charge in [0.1, 0.15) is 19.8 Å². The summed E-state index contributed by atoms with van der Waals surface area (Å²) in [6, 6.07) is 0. The van der Waals surface area contributed by atoms with Crippen molar-refractivity contribution >= 4 is 19.8 Å². The van der Waals surface area contributed by atoms with Crippen molar-refractivity contribution in [1.82, 2.24) is 0 Å². The van der Waals surface area contributed by atoms with Crippen molar-refractivity contribution in [2.45, 2.75) is 225 Å². The minimum Gasteiger partial charge on any atom is -0.462 e. The summed E-state index contributed by atoms with van der Waals surface area (Å²) < 4.78 is 34.4. The Morgan fingerprint density at radius 2 is 0.900 bits per heavy atom. The smallest absolute Gasteiger partial charge is 0.462 e. The van der Waals surface area contributed by atoms with E-state index in [9.17, 15) is 19.0 Å². The van der Waals surface area contributed by atoms with Gasteiger partial charge in [-0.1, -0.05) is 172 Å². The Labute approximate surface area is 370 Å². The van der Waals surface area contributed by atoms with E-state index in [1.165, 1.54) is 141 Å². The Morgan fingerprint density at radius 1 is 0.517 bits per heavy atom. The van der Waals surface area contributed by atoms with E-state index in [0.29, 0.717) is 17.4 Å². The molecule has 0 bridgehead atoms. The van der Waals surface area contributed by atoms with Gasteiger partial charge in [-0.15, -0.1) is 0 Å². The molecule has 0 radical (unpaired) electrons. The number of ether oxygens (including phenoxy) is 2. The molecule has 0 aromatic heterocycles. The first-order valence-electron chi connectivity index (χ1n) is 24.7. The average Bonchev–Trinajstić information content (AvgIpc) is 3.20. The standard InChI is InChI=1S/C50H94NO8P/c1-6-8-10-12-14-16-18-20-22-23-24-25-26-27-29-30-32-34-36-38-40-42-49(52)56-46-48(47-58-60(54,55)57-45-44-51(3,4)5)59-50(53)43-41-39-37-35-33-31-28-21-19-17-15-13-11-9-7-2/h20-22,28,33,35,48H,6-19,23-27,29-32,34,36-47H2,1-5H3/p+1/b22-20+,28-21+,35-33+/t48-/m0/s1. The lowest BCUT2D eigenvalue weighted by Crippen LogP contribution is -2.37. The number of carbonyl (C=O) groups is 2. The molecule has 0 spiro atoms. The van der Waals surface area contributed by atoms with Crippen LogP contribution in [0.15, 0.2) is 36.5 Å². The van der Waals surface area contributed by atoms with Gasteiger partial charge < -0.3 is 18.9 Å². The molecule has 0 saturated heterocycles. The van der Waals surface area contributed by atoms with E-state index in [0.717, 1.165) is 44.9 Å². The van der Waals surface area contributed by atoms with Gasteiger partial charge in [-0.25, -0.2) is 4.57 Å². The van der Waals surface area contributed by atoms with Crippen molar-refractivity contribution in [2.75, 3.05) is 47.5 Å². The highest BCUT2D eigenvalue weighted by molar-refractivity contribution is 7.47. The van der Waals surface area contributed by atoms with Crippen LogP contribution in [-0.2, 0) is 32.7 Å². The minimum absolute atomic E-state index is 0.0261. The van der Waals surface area contributed by atoms with Gasteiger partial charge in [-0.3, -0.25) is 18.6 Å². The second-order valence-electron chi connectivity index (χ2n) is 17.8. The zero-order valence-electron chi connectivity index (χ0n) is 39.7. The van der Waals surface area contributed by atoms with Crippen molar-refractivity contribution < 1.29 is 42.1 Å². The molecule has 1 unspecified atom stereocenters. The van der Waals surface area contributed by atoms with Gasteiger partial charge in [0, 0.05) is 12.8 Å². The maximum Gasteiger partial charge on any atom is 0.472 e. The average molecular weight is 869 g/mol. The highest BCUT2D eigenvalue weighted by Gasteiger charge is 2.27. The third kappa shape index (κ3) is 45.7. The summed E-state index contributed by atoms with van der Waals surface area (Å²) in [6.45, 7) is 4.39. The molecule has 0 saturated carbocycles. The number of likely N-dealkylation sites (N-methyl/N-ethyl adjacent to an activating group) is 1. The van der Waals surface area contributed by atoms with Crippen molar-refractivity contribution in [3.63, 3.8) is 0 Å². The summed E-state index contributed by atoms with van der Waals surface area (Å²) in [6.07, 6.45) is 49.1. The molecule has 0 aromatic carbocycles. The molecule has 0 aliphatic rings. The quantitative estimate of drug-likeness (QED) is 0.0212. The van der Waals surface area contributed by atoms with E-state index >= 15 is 0 Å². The number of phosphoric ester groups is 1. The molecule has 60 heavy (non-hydrogen) atoms. The molecule has 0 rings (SSSR count). The summed E-state index contributed by atoms with van der Waals surface area (Å²) in [5, 5.41) is 0. The van der Waals surface area contributed by atoms with Crippen LogP contribution in [0.1, 0.15) is 219 Å². The normalized spacial score (nSPS) is 13.8. The summed E-state index contributed by atoms with van der Waals surface area (Å²) in [5.74, 6) is -0.832. The molecule has 2 atom stereocenters. The maximum absolute atomic E-state index is 12.7. The van der Waals surface area contributed by atoms with Gasteiger partial charge in [0.25, 0.3) is 0 Å². The van der Waals surface area contributed by atoms with E-state index in [1.807, 2.05) is 21.1 Å². The van der Waals surface area contributed by atoms with Crippen LogP contribution in [0.4, 0.5) is 0 Å². The fraction of sp³-hybridized carbons (Fsp3) is 0.840. The zero-order chi connectivity index (χ0) is 44.3. The summed E-state index contributed by atoms with van der Waals surface area (Å²) in [5.41, 5.74) is 0. The van der Waals surface area contributed by atoms with Crippen LogP contribution in [0, 0.1) is 0 Å². The molecule has 0 aromatic rings. The van der Waals surface area contributed by atoms with Gasteiger partial charge in [-0.05, 0) is 70.6 Å². The fourth-order valence-electron chi connectivity index (χ4n) is 6.75. The van der Waals surface area contributed by atoms with Crippen molar-refractivity contribution in [3.8, 4) is 0 Å². The largest absolute Gasteiger partial charge is 0.472 e. The Morgan fingerprint density at radius 3 is 1.37 bits per heavy atom. The van der Waals surface area contributed by atoms with Crippen LogP contribution in [0.2, 0.25) is 0 Å². The van der Waals surface area contributed by atoms with Crippen LogP contribution in [0.25, 0.3) is 0 Å². The predicted octanol–water partition coefficient (Wildman–Crippen LogP) is 14.5. The molecule has 352 valence electrons. The number of hydrogen-bond acceptors (Lipinski definition) is 7. The van der Waals surface area contributed by atoms with Gasteiger partial charge in [0.15, 0.2) is 6.10 Å². The minimum atomic E-state index is -4.38. The number of quaternary nitrogens is 1. The number of unbranched alkanes of at least 4 members (excludes halogenated alkanes) is 25. The Bertz CT molecular complexity index is 1120. The molecular weight excluding hydrogens is 774 g/mol. The lowest BCUT2D eigenvalue weighted by Gasteiger charge is -2.24. The highest BCUT2D eigenvalue weighted by Crippen LogP contribution is 2.43. The second-order valence-corrected chi connectivity index (χ2v) is 19.3. The Balaban J connectivity index is 4.28. The first-order chi connectivity index (χ1) is 29.0. The first kappa shape index (κ1) is 58.2. The number of esters is 2. The molecule has 9 nitrogen and oxygen atoms in total. The highest BCUT2D eigenvalue weighted by atomic mass is 31.2. The molecule has 1 N–H and O–H groups in total. The van der Waals surface area contributed by atoms with Gasteiger partial charge in [-0.2, -0.15) is 0 Å². The number of phosphoric acid groups is 1. The molecular formula is C50H95NO8P+. The fourth-order valence-corrected chi connectivity index (χ4v) is 7.49. The third-order valence-corrected chi connectivity index (χ3v) is 11.6. The SMILES string of the molecule is CCCCCCCC/C=C/C/C=C/CCCCC(=O)O[C@@H](COC(=O)CCCCCCCCCCCCC/C=C/CCCCCCCC)COP(=O)(O)OCC[N+](C)(C)C. The Hall–Kier alpha value is -1.77. The second kappa shape index (κ2) is 42.5. The first-order valence-corrected chi connectivity index (χ1v) is 26.2. The van der Waals surface area contributed by atoms with Crippen LogP contribution in [0.3, 0.4) is 0 Å². The van der Waals surface area contributed by atoms with E-state index in [-0.39, 0.29) is 32.0 Å². The number of allylic oxidation sites excluding steroid dienone is 6. The van der Waals surface area contributed by atoms with E-state index < -0.39 is 26.5 Å². The predicted molar refractivity (Wildman–Crippen MR) is 252 cm³/mol. The van der Waals surface area contributed by atoms with E-state index in [4.69, 9.17) is 18.5 Å². The van der Waals surface area contributed by atoms with Crippen LogP contribution < -0.4 is 0 Å². The molecule has 0 aliphatic carbocycles. The summed E-state index contributed by atoms with van der Waals surface area (Å²) >= 11 is 0. The maximum atomic E-state index is 12.7. The van der Waals surface area contributed by atoms with Crippen LogP contribution in [0.5, 0.6) is 0 Å². The number of carbonyl (C=O) groups excluding carboxylic acids is 2. The van der Waals surface area contributed by atoms with E-state index in [1.54, 1.807) is 0 Å². The van der Waals surface area contributed by atoms with Gasteiger partial charge in [0.05, 0.1) is 27.7 Å². The molecule has 0 aliphatic heterocycles. The van der Waals surface area contributed by atoms with Crippen LogP contribution >= 0.6 is 7.82 Å². The number of rotatable bonds is 45. The molecule has 0 amide bonds. The van der Waals surface area contributed by atoms with E-state index in [2.05, 4.69) is 50.3 Å². The summed E-state index contributed by atoms with van der Waals surface area (Å²) in [7, 11) is 1.46. The number of hydrogen-bond donors (Lipinski definition) is 1. The summed E-state index contributed by atoms with van der Waals surface area (Å²) in [4.78, 5) is 35.5. The third-order valence-electron chi connectivity index (χ3n) is 10.6.